The fourth-order valence-electron chi connectivity index (χ4n) is 6.45. The zero-order valence-corrected chi connectivity index (χ0v) is 29.0. The van der Waals surface area contributed by atoms with Gasteiger partial charge in [0.1, 0.15) is 5.78 Å². The first-order valence-electron chi connectivity index (χ1n) is 18.7. The van der Waals surface area contributed by atoms with E-state index in [1.807, 2.05) is 6.92 Å². The first-order chi connectivity index (χ1) is 22.2. The Bertz CT molecular complexity index is 855. The summed E-state index contributed by atoms with van der Waals surface area (Å²) >= 11 is 0. The molecule has 0 bridgehead atoms. The van der Waals surface area contributed by atoms with Gasteiger partial charge in [0.05, 0.1) is 5.92 Å². The zero-order valence-electron chi connectivity index (χ0n) is 29.0. The summed E-state index contributed by atoms with van der Waals surface area (Å²) in [5.41, 5.74) is 0. The zero-order chi connectivity index (χ0) is 33.8. The number of ketones is 1. The van der Waals surface area contributed by atoms with E-state index in [2.05, 4.69) is 10.6 Å². The molecule has 1 rings (SSSR count). The molecule has 4 N–H and O–H groups in total. The summed E-state index contributed by atoms with van der Waals surface area (Å²) < 4.78 is 0. The molecule has 266 valence electrons. The SMILES string of the molecule is CCCNC(=O)CCC(CC(=O)C1CCC(CNC(=O)CCCCCCCCCCCCCCCCCCC(=O)O)CC1)C(=O)O. The molecule has 1 unspecified atom stereocenters. The van der Waals surface area contributed by atoms with Gasteiger partial charge in [-0.3, -0.25) is 24.0 Å². The fourth-order valence-corrected chi connectivity index (χ4v) is 6.45. The maximum atomic E-state index is 12.8. The average molecular weight is 651 g/mol. The van der Waals surface area contributed by atoms with Crippen molar-refractivity contribution in [3.63, 3.8) is 0 Å². The Kier molecular flexibility index (Phi) is 25.0. The van der Waals surface area contributed by atoms with Crippen molar-refractivity contribution >= 4 is 29.5 Å². The van der Waals surface area contributed by atoms with Crippen LogP contribution in [0.25, 0.3) is 0 Å². The molecule has 0 spiro atoms. The highest BCUT2D eigenvalue weighted by Crippen LogP contribution is 2.31. The van der Waals surface area contributed by atoms with E-state index in [0.29, 0.717) is 31.8 Å². The third kappa shape index (κ3) is 23.0. The van der Waals surface area contributed by atoms with Gasteiger partial charge >= 0.3 is 11.9 Å². The summed E-state index contributed by atoms with van der Waals surface area (Å²) in [6.07, 6.45) is 24.3. The first-order valence-corrected chi connectivity index (χ1v) is 18.7. The Labute approximate surface area is 278 Å². The summed E-state index contributed by atoms with van der Waals surface area (Å²) in [7, 11) is 0. The van der Waals surface area contributed by atoms with Crippen molar-refractivity contribution < 1.29 is 34.2 Å². The molecule has 0 aromatic rings. The number of aliphatic carboxylic acids is 2. The summed E-state index contributed by atoms with van der Waals surface area (Å²) in [5, 5.41) is 24.0. The van der Waals surface area contributed by atoms with Gasteiger partial charge < -0.3 is 20.8 Å². The molecule has 0 radical (unpaired) electrons. The van der Waals surface area contributed by atoms with Gasteiger partial charge in [0.15, 0.2) is 0 Å². The van der Waals surface area contributed by atoms with Crippen LogP contribution in [0, 0.1) is 17.8 Å². The quantitative estimate of drug-likeness (QED) is 0.0576. The van der Waals surface area contributed by atoms with Crippen LogP contribution in [0.1, 0.15) is 174 Å². The van der Waals surface area contributed by atoms with Crippen LogP contribution >= 0.6 is 0 Å². The van der Waals surface area contributed by atoms with Gasteiger partial charge in [0.2, 0.25) is 11.8 Å². The smallest absolute Gasteiger partial charge is 0.306 e. The van der Waals surface area contributed by atoms with Crippen LogP contribution in [0.2, 0.25) is 0 Å². The molecule has 1 aliphatic rings. The highest BCUT2D eigenvalue weighted by atomic mass is 16.4. The number of carbonyl (C=O) groups excluding carboxylic acids is 3. The van der Waals surface area contributed by atoms with Crippen molar-refractivity contribution in [2.45, 2.75) is 174 Å². The standard InChI is InChI=1S/C37H66N2O7/c1-2-27-38-35(42)26-25-32(37(45)46)28-33(40)31-23-21-30(22-24-31)29-39-34(41)19-17-15-13-11-9-7-5-3-4-6-8-10-12-14-16-18-20-36(43)44/h30-32H,2-29H2,1H3,(H,38,42)(H,39,41)(H,43,44)(H,45,46). The number of hydrogen-bond donors (Lipinski definition) is 4. The predicted molar refractivity (Wildman–Crippen MR) is 182 cm³/mol. The monoisotopic (exact) mass is 650 g/mol. The number of carbonyl (C=O) groups is 5. The molecule has 1 aliphatic carbocycles. The van der Waals surface area contributed by atoms with Crippen molar-refractivity contribution in [2.24, 2.45) is 17.8 Å². The predicted octanol–water partition coefficient (Wildman–Crippen LogP) is 7.98. The number of nitrogens with one attached hydrogen (secondary N) is 2. The molecule has 0 aliphatic heterocycles. The van der Waals surface area contributed by atoms with Gasteiger partial charge in [-0.1, -0.05) is 96.8 Å². The van der Waals surface area contributed by atoms with Gasteiger partial charge in [0, 0.05) is 44.7 Å². The lowest BCUT2D eigenvalue weighted by atomic mass is 9.78. The Morgan fingerprint density at radius 3 is 1.52 bits per heavy atom. The second-order valence-corrected chi connectivity index (χ2v) is 13.7. The average Bonchev–Trinajstić information content (AvgIpc) is 3.03. The first kappa shape index (κ1) is 41.6. The van der Waals surface area contributed by atoms with Gasteiger partial charge in [0.25, 0.3) is 0 Å². The summed E-state index contributed by atoms with van der Waals surface area (Å²) in [6.45, 7) is 3.18. The second kappa shape index (κ2) is 27.6. The van der Waals surface area contributed by atoms with Crippen LogP contribution in [0.3, 0.4) is 0 Å². The van der Waals surface area contributed by atoms with E-state index in [-0.39, 0.29) is 42.8 Å². The van der Waals surface area contributed by atoms with Crippen LogP contribution in [0.4, 0.5) is 0 Å². The largest absolute Gasteiger partial charge is 0.481 e. The van der Waals surface area contributed by atoms with Crippen LogP contribution in [-0.4, -0.2) is 52.8 Å². The molecule has 46 heavy (non-hydrogen) atoms. The lowest BCUT2D eigenvalue weighted by Crippen LogP contribution is -2.33. The van der Waals surface area contributed by atoms with E-state index < -0.39 is 17.9 Å². The molecule has 9 heteroatoms. The summed E-state index contributed by atoms with van der Waals surface area (Å²) in [6, 6.07) is 0. The Morgan fingerprint density at radius 1 is 0.609 bits per heavy atom. The highest BCUT2D eigenvalue weighted by Gasteiger charge is 2.30. The molecule has 1 saturated carbocycles. The van der Waals surface area contributed by atoms with E-state index >= 15 is 0 Å². The minimum Gasteiger partial charge on any atom is -0.481 e. The van der Waals surface area contributed by atoms with Crippen LogP contribution in [-0.2, 0) is 24.0 Å². The lowest BCUT2D eigenvalue weighted by Gasteiger charge is -2.28. The fraction of sp³-hybridized carbons (Fsp3) is 0.865. The highest BCUT2D eigenvalue weighted by molar-refractivity contribution is 5.86. The molecule has 0 heterocycles. The van der Waals surface area contributed by atoms with E-state index in [9.17, 15) is 29.1 Å². The Morgan fingerprint density at radius 2 is 1.07 bits per heavy atom. The van der Waals surface area contributed by atoms with E-state index in [1.165, 1.54) is 70.6 Å². The number of amides is 2. The Hall–Kier alpha value is -2.45. The Balaban J connectivity index is 1.97. The number of hydrogen-bond acceptors (Lipinski definition) is 5. The molecule has 0 saturated heterocycles. The van der Waals surface area contributed by atoms with Gasteiger partial charge in [-0.05, 0) is 57.3 Å². The molecule has 9 nitrogen and oxygen atoms in total. The number of unbranched alkanes of at least 4 members (excludes halogenated alkanes) is 15. The molecule has 0 aromatic heterocycles. The number of carboxylic acids is 2. The molecule has 2 amide bonds. The maximum Gasteiger partial charge on any atom is 0.306 e. The summed E-state index contributed by atoms with van der Waals surface area (Å²) in [4.78, 5) is 59.1. The molecule has 1 atom stereocenters. The van der Waals surface area contributed by atoms with Crippen molar-refractivity contribution in [1.82, 2.24) is 10.6 Å². The minimum absolute atomic E-state index is 0.00479. The van der Waals surface area contributed by atoms with Crippen molar-refractivity contribution in [3.05, 3.63) is 0 Å². The van der Waals surface area contributed by atoms with Crippen molar-refractivity contribution in [3.8, 4) is 0 Å². The van der Waals surface area contributed by atoms with Crippen LogP contribution in [0.5, 0.6) is 0 Å². The normalized spacial score (nSPS) is 16.9. The van der Waals surface area contributed by atoms with Crippen molar-refractivity contribution in [2.75, 3.05) is 13.1 Å². The van der Waals surface area contributed by atoms with E-state index in [4.69, 9.17) is 5.11 Å². The maximum absolute atomic E-state index is 12.8. The third-order valence-corrected chi connectivity index (χ3v) is 9.52. The topological polar surface area (TPSA) is 150 Å². The molecular formula is C37H66N2O7. The van der Waals surface area contributed by atoms with Gasteiger partial charge in [-0.15, -0.1) is 0 Å². The summed E-state index contributed by atoms with van der Waals surface area (Å²) in [5.74, 6) is -2.31. The third-order valence-electron chi connectivity index (χ3n) is 9.52. The number of rotatable bonds is 30. The molecule has 0 aromatic carbocycles. The van der Waals surface area contributed by atoms with Gasteiger partial charge in [-0.25, -0.2) is 0 Å². The van der Waals surface area contributed by atoms with Crippen LogP contribution < -0.4 is 10.6 Å². The number of Topliss-reactive ketones (excluding diaryl/α,β-unsaturated/α-hetero) is 1. The van der Waals surface area contributed by atoms with E-state index in [0.717, 1.165) is 64.2 Å². The van der Waals surface area contributed by atoms with Crippen molar-refractivity contribution in [1.29, 1.82) is 0 Å². The minimum atomic E-state index is -1.01. The lowest BCUT2D eigenvalue weighted by molar-refractivity contribution is -0.145. The van der Waals surface area contributed by atoms with E-state index in [1.54, 1.807) is 0 Å². The van der Waals surface area contributed by atoms with Gasteiger partial charge in [-0.2, -0.15) is 0 Å². The molecule has 1 fully saturated rings. The second-order valence-electron chi connectivity index (χ2n) is 13.7. The number of carboxylic acid groups (broad SMARTS) is 2. The van der Waals surface area contributed by atoms with Crippen LogP contribution in [0.15, 0.2) is 0 Å². The molecular weight excluding hydrogens is 584 g/mol.